The first kappa shape index (κ1) is 13.6. The standard InChI is InChI=1S/C13H14N2O3S/c1-8(19-7-11(16)18-2)12-14-10-6-4-3-5-9(10)13(17)15-12/h3-6,8H,7H2,1-2H3,(H,14,15,17). The van der Waals surface area contributed by atoms with Crippen molar-refractivity contribution in [1.29, 1.82) is 0 Å². The number of esters is 1. The lowest BCUT2D eigenvalue weighted by molar-refractivity contribution is -0.137. The van der Waals surface area contributed by atoms with Crippen LogP contribution in [-0.4, -0.2) is 28.8 Å². The van der Waals surface area contributed by atoms with Crippen molar-refractivity contribution in [3.8, 4) is 0 Å². The highest BCUT2D eigenvalue weighted by Crippen LogP contribution is 2.25. The summed E-state index contributed by atoms with van der Waals surface area (Å²) in [7, 11) is 1.35. The molecule has 0 aliphatic heterocycles. The number of rotatable bonds is 4. The minimum absolute atomic E-state index is 0.0867. The Labute approximate surface area is 114 Å². The van der Waals surface area contributed by atoms with Crippen LogP contribution in [-0.2, 0) is 9.53 Å². The average Bonchev–Trinajstić information content (AvgIpc) is 2.44. The molecular formula is C13H14N2O3S. The number of benzene rings is 1. The molecule has 1 N–H and O–H groups in total. The molecule has 0 radical (unpaired) electrons. The molecule has 1 heterocycles. The smallest absolute Gasteiger partial charge is 0.315 e. The minimum atomic E-state index is -0.292. The third-order valence-electron chi connectivity index (χ3n) is 2.70. The quantitative estimate of drug-likeness (QED) is 0.865. The molecule has 100 valence electrons. The van der Waals surface area contributed by atoms with Crippen LogP contribution in [0, 0.1) is 0 Å². The Kier molecular flexibility index (Phi) is 4.21. The fraction of sp³-hybridized carbons (Fsp3) is 0.308. The molecule has 1 unspecified atom stereocenters. The molecule has 1 aromatic heterocycles. The number of aromatic nitrogens is 2. The fourth-order valence-corrected chi connectivity index (χ4v) is 2.40. The first-order valence-corrected chi connectivity index (χ1v) is 6.84. The van der Waals surface area contributed by atoms with Gasteiger partial charge in [-0.25, -0.2) is 4.98 Å². The number of hydrogen-bond donors (Lipinski definition) is 1. The summed E-state index contributed by atoms with van der Waals surface area (Å²) in [5, 5.41) is 0.479. The molecule has 1 aromatic carbocycles. The van der Waals surface area contributed by atoms with Crippen LogP contribution in [0.25, 0.3) is 10.9 Å². The lowest BCUT2D eigenvalue weighted by Crippen LogP contribution is -2.13. The van der Waals surface area contributed by atoms with Gasteiger partial charge in [0.05, 0.1) is 29.0 Å². The molecule has 0 fully saturated rings. The number of methoxy groups -OCH3 is 1. The van der Waals surface area contributed by atoms with Crippen molar-refractivity contribution in [2.45, 2.75) is 12.2 Å². The van der Waals surface area contributed by atoms with Crippen molar-refractivity contribution in [2.75, 3.05) is 12.9 Å². The predicted octanol–water partition coefficient (Wildman–Crippen LogP) is 1.89. The summed E-state index contributed by atoms with van der Waals surface area (Å²) in [5.41, 5.74) is 0.498. The van der Waals surface area contributed by atoms with Crippen LogP contribution in [0.2, 0.25) is 0 Å². The Morgan fingerprint density at radius 3 is 2.95 bits per heavy atom. The molecular weight excluding hydrogens is 264 g/mol. The SMILES string of the molecule is COC(=O)CSC(C)c1nc2ccccc2c(=O)[nH]1. The summed E-state index contributed by atoms with van der Waals surface area (Å²) in [6.45, 7) is 1.89. The monoisotopic (exact) mass is 278 g/mol. The highest BCUT2D eigenvalue weighted by atomic mass is 32.2. The molecule has 2 rings (SSSR count). The van der Waals surface area contributed by atoms with E-state index < -0.39 is 0 Å². The Hall–Kier alpha value is -1.82. The van der Waals surface area contributed by atoms with E-state index in [1.807, 2.05) is 13.0 Å². The number of carbonyl (C=O) groups is 1. The lowest BCUT2D eigenvalue weighted by atomic mass is 10.2. The maximum atomic E-state index is 11.9. The van der Waals surface area contributed by atoms with E-state index in [9.17, 15) is 9.59 Å². The summed E-state index contributed by atoms with van der Waals surface area (Å²) in [6, 6.07) is 7.17. The first-order valence-electron chi connectivity index (χ1n) is 5.79. The van der Waals surface area contributed by atoms with Crippen molar-refractivity contribution in [1.82, 2.24) is 9.97 Å². The Balaban J connectivity index is 2.25. The van der Waals surface area contributed by atoms with Crippen molar-refractivity contribution in [3.05, 3.63) is 40.4 Å². The summed E-state index contributed by atoms with van der Waals surface area (Å²) in [4.78, 5) is 30.2. The van der Waals surface area contributed by atoms with E-state index in [2.05, 4.69) is 14.7 Å². The third-order valence-corrected chi connectivity index (χ3v) is 3.82. The molecule has 1 atom stereocenters. The van der Waals surface area contributed by atoms with Crippen LogP contribution in [0.1, 0.15) is 18.0 Å². The van der Waals surface area contributed by atoms with Gasteiger partial charge >= 0.3 is 5.97 Å². The van der Waals surface area contributed by atoms with Gasteiger partial charge in [0.2, 0.25) is 0 Å². The number of H-pyrrole nitrogens is 1. The number of hydrogen-bond acceptors (Lipinski definition) is 5. The van der Waals surface area contributed by atoms with Gasteiger partial charge in [0.15, 0.2) is 0 Å². The topological polar surface area (TPSA) is 72.0 Å². The first-order chi connectivity index (χ1) is 9.11. The van der Waals surface area contributed by atoms with Gasteiger partial charge in [-0.05, 0) is 19.1 Å². The van der Waals surface area contributed by atoms with E-state index in [4.69, 9.17) is 0 Å². The normalized spacial score (nSPS) is 12.3. The van der Waals surface area contributed by atoms with Gasteiger partial charge in [0, 0.05) is 0 Å². The third kappa shape index (κ3) is 3.14. The molecule has 0 amide bonds. The number of fused-ring (bicyclic) bond motifs is 1. The van der Waals surface area contributed by atoms with Crippen LogP contribution >= 0.6 is 11.8 Å². The summed E-state index contributed by atoms with van der Waals surface area (Å²) in [5.74, 6) is 0.506. The average molecular weight is 278 g/mol. The Bertz CT molecular complexity index is 654. The molecule has 2 aromatic rings. The second kappa shape index (κ2) is 5.88. The van der Waals surface area contributed by atoms with Gasteiger partial charge < -0.3 is 9.72 Å². The highest BCUT2D eigenvalue weighted by molar-refractivity contribution is 8.00. The maximum Gasteiger partial charge on any atom is 0.315 e. The van der Waals surface area contributed by atoms with E-state index in [0.717, 1.165) is 0 Å². The largest absolute Gasteiger partial charge is 0.468 e. The van der Waals surface area contributed by atoms with E-state index in [1.165, 1.54) is 18.9 Å². The zero-order valence-corrected chi connectivity index (χ0v) is 11.5. The van der Waals surface area contributed by atoms with E-state index in [0.29, 0.717) is 16.7 Å². The summed E-state index contributed by atoms with van der Waals surface area (Å²) in [6.07, 6.45) is 0. The minimum Gasteiger partial charge on any atom is -0.468 e. The number of ether oxygens (including phenoxy) is 1. The van der Waals surface area contributed by atoms with Crippen molar-refractivity contribution in [2.24, 2.45) is 0 Å². The van der Waals surface area contributed by atoms with Crippen molar-refractivity contribution >= 4 is 28.6 Å². The van der Waals surface area contributed by atoms with Crippen molar-refractivity contribution < 1.29 is 9.53 Å². The van der Waals surface area contributed by atoms with Gasteiger partial charge in [0.25, 0.3) is 5.56 Å². The van der Waals surface area contributed by atoms with E-state index >= 15 is 0 Å². The van der Waals surface area contributed by atoms with Crippen molar-refractivity contribution in [3.63, 3.8) is 0 Å². The van der Waals surface area contributed by atoms with Gasteiger partial charge in [0.1, 0.15) is 5.82 Å². The van der Waals surface area contributed by atoms with Crippen LogP contribution in [0.4, 0.5) is 0 Å². The molecule has 0 saturated carbocycles. The van der Waals surface area contributed by atoms with Gasteiger partial charge in [-0.15, -0.1) is 11.8 Å². The van der Waals surface area contributed by atoms with Gasteiger partial charge in [-0.2, -0.15) is 0 Å². The number of nitrogens with one attached hydrogen (secondary N) is 1. The van der Waals surface area contributed by atoms with Crippen LogP contribution in [0.15, 0.2) is 29.1 Å². The van der Waals surface area contributed by atoms with Crippen LogP contribution in [0.3, 0.4) is 0 Å². The zero-order valence-electron chi connectivity index (χ0n) is 10.7. The van der Waals surface area contributed by atoms with E-state index in [-0.39, 0.29) is 22.5 Å². The fourth-order valence-electron chi connectivity index (χ4n) is 1.63. The second-order valence-corrected chi connectivity index (χ2v) is 5.33. The lowest BCUT2D eigenvalue weighted by Gasteiger charge is -2.10. The van der Waals surface area contributed by atoms with Crippen LogP contribution < -0.4 is 5.56 Å². The number of aromatic amines is 1. The predicted molar refractivity (Wildman–Crippen MR) is 75.3 cm³/mol. The Morgan fingerprint density at radius 2 is 2.21 bits per heavy atom. The zero-order chi connectivity index (χ0) is 13.8. The second-order valence-electron chi connectivity index (χ2n) is 4.00. The number of para-hydroxylation sites is 1. The number of thioether (sulfide) groups is 1. The Morgan fingerprint density at radius 1 is 1.47 bits per heavy atom. The molecule has 6 heteroatoms. The van der Waals surface area contributed by atoms with Crippen LogP contribution in [0.5, 0.6) is 0 Å². The van der Waals surface area contributed by atoms with Gasteiger partial charge in [-0.3, -0.25) is 9.59 Å². The van der Waals surface area contributed by atoms with Gasteiger partial charge in [-0.1, -0.05) is 12.1 Å². The molecule has 19 heavy (non-hydrogen) atoms. The molecule has 5 nitrogen and oxygen atoms in total. The molecule has 0 aliphatic carbocycles. The summed E-state index contributed by atoms with van der Waals surface area (Å²) >= 11 is 1.37. The molecule has 0 spiro atoms. The highest BCUT2D eigenvalue weighted by Gasteiger charge is 2.13. The maximum absolute atomic E-state index is 11.9. The molecule has 0 aliphatic rings. The number of nitrogens with zero attached hydrogens (tertiary/aromatic N) is 1. The number of carbonyl (C=O) groups excluding carboxylic acids is 1. The molecule has 0 bridgehead atoms. The van der Waals surface area contributed by atoms with E-state index in [1.54, 1.807) is 18.2 Å². The summed E-state index contributed by atoms with van der Waals surface area (Å²) < 4.78 is 4.58. The molecule has 0 saturated heterocycles.